The lowest BCUT2D eigenvalue weighted by Gasteiger charge is -2.30. The zero-order valence-corrected chi connectivity index (χ0v) is 17.4. The molecule has 0 bridgehead atoms. The van der Waals surface area contributed by atoms with Gasteiger partial charge in [-0.15, -0.1) is 6.58 Å². The van der Waals surface area contributed by atoms with Crippen LogP contribution >= 0.6 is 0 Å². The smallest absolute Gasteiger partial charge is 0.00696 e. The van der Waals surface area contributed by atoms with Crippen LogP contribution in [0.1, 0.15) is 129 Å². The van der Waals surface area contributed by atoms with Crippen molar-refractivity contribution in [2.75, 3.05) is 0 Å². The lowest BCUT2D eigenvalue weighted by atomic mass is 9.91. The van der Waals surface area contributed by atoms with Gasteiger partial charge in [0.2, 0.25) is 0 Å². The summed E-state index contributed by atoms with van der Waals surface area (Å²) in [6.45, 7) is 5.99. The molecule has 0 aliphatic heterocycles. The van der Waals surface area contributed by atoms with Crippen LogP contribution in [0, 0.1) is 0 Å². The highest BCUT2D eigenvalue weighted by Crippen LogP contribution is 2.22. The van der Waals surface area contributed by atoms with Crippen LogP contribution in [0.15, 0.2) is 12.7 Å². The van der Waals surface area contributed by atoms with Gasteiger partial charge >= 0.3 is 0 Å². The molecular formula is C24H47N. The Bertz CT molecular complexity index is 258. The summed E-state index contributed by atoms with van der Waals surface area (Å²) in [5.74, 6) is 0. The van der Waals surface area contributed by atoms with E-state index in [1.54, 1.807) is 0 Å². The lowest BCUT2D eigenvalue weighted by Crippen LogP contribution is -2.40. The summed E-state index contributed by atoms with van der Waals surface area (Å²) in [5.41, 5.74) is 0. The molecule has 2 rings (SSSR count). The fourth-order valence-corrected chi connectivity index (χ4v) is 4.29. The van der Waals surface area contributed by atoms with Crippen LogP contribution in [0.5, 0.6) is 0 Å². The molecule has 0 heterocycles. The molecule has 0 aromatic rings. The van der Waals surface area contributed by atoms with E-state index in [1.165, 1.54) is 122 Å². The third-order valence-corrected chi connectivity index (χ3v) is 5.94. The standard InChI is InChI=1S/C12H23N.C12H24/c1-3-7-11(8-4-1)13-12-9-5-2-6-10-12;1-3-5-7-9-11-12-10-8-6-4-2/h11-13H,1-10H2;3H,1,4-12H2,2H3. The predicted molar refractivity (Wildman–Crippen MR) is 114 cm³/mol. The van der Waals surface area contributed by atoms with Crippen molar-refractivity contribution in [3.8, 4) is 0 Å². The van der Waals surface area contributed by atoms with Gasteiger partial charge < -0.3 is 5.32 Å². The van der Waals surface area contributed by atoms with E-state index in [1.807, 2.05) is 6.08 Å². The molecule has 1 heteroatoms. The van der Waals surface area contributed by atoms with Crippen molar-refractivity contribution in [3.05, 3.63) is 12.7 Å². The SMILES string of the molecule is C1CCC(NC2CCCCC2)CC1.C=CCCCCCCCCCC. The van der Waals surface area contributed by atoms with Gasteiger partial charge in [-0.3, -0.25) is 0 Å². The predicted octanol–water partition coefficient (Wildman–Crippen LogP) is 7.94. The Labute approximate surface area is 159 Å². The molecule has 2 aliphatic carbocycles. The largest absolute Gasteiger partial charge is 0.311 e. The zero-order valence-electron chi connectivity index (χ0n) is 17.4. The summed E-state index contributed by atoms with van der Waals surface area (Å²) in [7, 11) is 0. The van der Waals surface area contributed by atoms with Gasteiger partial charge in [-0.05, 0) is 38.5 Å². The summed E-state index contributed by atoms with van der Waals surface area (Å²) in [4.78, 5) is 0. The van der Waals surface area contributed by atoms with Crippen LogP contribution < -0.4 is 5.32 Å². The summed E-state index contributed by atoms with van der Waals surface area (Å²) >= 11 is 0. The Morgan fingerprint density at radius 1 is 0.680 bits per heavy atom. The number of unbranched alkanes of at least 4 members (excludes halogenated alkanes) is 8. The average Bonchev–Trinajstić information content (AvgIpc) is 2.66. The lowest BCUT2D eigenvalue weighted by molar-refractivity contribution is 0.291. The highest BCUT2D eigenvalue weighted by Gasteiger charge is 2.19. The molecule has 0 unspecified atom stereocenters. The molecular weight excluding hydrogens is 302 g/mol. The molecule has 2 aliphatic rings. The van der Waals surface area contributed by atoms with Crippen molar-refractivity contribution >= 4 is 0 Å². The first-order chi connectivity index (χ1) is 12.4. The minimum atomic E-state index is 0.872. The van der Waals surface area contributed by atoms with Crippen LogP contribution in [0.2, 0.25) is 0 Å². The van der Waals surface area contributed by atoms with Gasteiger partial charge in [0.15, 0.2) is 0 Å². The van der Waals surface area contributed by atoms with E-state index in [0.717, 1.165) is 12.1 Å². The second-order valence-corrected chi connectivity index (χ2v) is 8.39. The number of nitrogens with one attached hydrogen (secondary N) is 1. The second-order valence-electron chi connectivity index (χ2n) is 8.39. The van der Waals surface area contributed by atoms with E-state index in [2.05, 4.69) is 18.8 Å². The molecule has 0 atom stereocenters. The third-order valence-electron chi connectivity index (χ3n) is 5.94. The highest BCUT2D eigenvalue weighted by molar-refractivity contribution is 4.79. The van der Waals surface area contributed by atoms with Gasteiger partial charge in [-0.1, -0.05) is 96.5 Å². The second kappa shape index (κ2) is 17.1. The van der Waals surface area contributed by atoms with E-state index < -0.39 is 0 Å². The summed E-state index contributed by atoms with van der Waals surface area (Å²) in [5, 5.41) is 3.86. The van der Waals surface area contributed by atoms with E-state index in [0.29, 0.717) is 0 Å². The van der Waals surface area contributed by atoms with Crippen LogP contribution in [0.3, 0.4) is 0 Å². The van der Waals surface area contributed by atoms with E-state index >= 15 is 0 Å². The zero-order chi connectivity index (χ0) is 18.0. The third kappa shape index (κ3) is 13.5. The Kier molecular flexibility index (Phi) is 15.6. The first-order valence-corrected chi connectivity index (χ1v) is 11.7. The van der Waals surface area contributed by atoms with Crippen molar-refractivity contribution < 1.29 is 0 Å². The van der Waals surface area contributed by atoms with Crippen LogP contribution in [-0.4, -0.2) is 12.1 Å². The Morgan fingerprint density at radius 2 is 1.12 bits per heavy atom. The first kappa shape index (κ1) is 22.7. The Balaban J connectivity index is 0.000000252. The summed E-state index contributed by atoms with van der Waals surface area (Å²) in [6, 6.07) is 1.74. The van der Waals surface area contributed by atoms with Gasteiger partial charge in [-0.2, -0.15) is 0 Å². The summed E-state index contributed by atoms with van der Waals surface area (Å²) in [6.07, 6.45) is 29.1. The fraction of sp³-hybridized carbons (Fsp3) is 0.917. The van der Waals surface area contributed by atoms with Gasteiger partial charge in [-0.25, -0.2) is 0 Å². The molecule has 2 fully saturated rings. The minimum absolute atomic E-state index is 0.872. The van der Waals surface area contributed by atoms with Crippen LogP contribution in [0.4, 0.5) is 0 Å². The van der Waals surface area contributed by atoms with Crippen molar-refractivity contribution in [3.63, 3.8) is 0 Å². The monoisotopic (exact) mass is 349 g/mol. The topological polar surface area (TPSA) is 12.0 Å². The molecule has 2 saturated carbocycles. The average molecular weight is 350 g/mol. The molecule has 0 aromatic carbocycles. The number of hydrogen-bond acceptors (Lipinski definition) is 1. The summed E-state index contributed by atoms with van der Waals surface area (Å²) < 4.78 is 0. The Morgan fingerprint density at radius 3 is 1.56 bits per heavy atom. The van der Waals surface area contributed by atoms with Crippen molar-refractivity contribution in [2.45, 2.75) is 141 Å². The highest BCUT2D eigenvalue weighted by atomic mass is 14.9. The number of allylic oxidation sites excluding steroid dienone is 1. The van der Waals surface area contributed by atoms with Crippen LogP contribution in [0.25, 0.3) is 0 Å². The molecule has 0 amide bonds. The van der Waals surface area contributed by atoms with E-state index in [4.69, 9.17) is 0 Å². The molecule has 1 nitrogen and oxygen atoms in total. The normalized spacial score (nSPS) is 19.2. The van der Waals surface area contributed by atoms with Crippen LogP contribution in [-0.2, 0) is 0 Å². The van der Waals surface area contributed by atoms with Gasteiger partial charge in [0.05, 0.1) is 0 Å². The number of hydrogen-bond donors (Lipinski definition) is 1. The molecule has 148 valence electrons. The maximum Gasteiger partial charge on any atom is 0.00696 e. The van der Waals surface area contributed by atoms with E-state index in [-0.39, 0.29) is 0 Å². The van der Waals surface area contributed by atoms with E-state index in [9.17, 15) is 0 Å². The van der Waals surface area contributed by atoms with Gasteiger partial charge in [0.1, 0.15) is 0 Å². The maximum absolute atomic E-state index is 3.86. The molecule has 1 N–H and O–H groups in total. The van der Waals surface area contributed by atoms with Gasteiger partial charge in [0.25, 0.3) is 0 Å². The quantitative estimate of drug-likeness (QED) is 0.295. The molecule has 0 aromatic heterocycles. The molecule has 0 spiro atoms. The van der Waals surface area contributed by atoms with Gasteiger partial charge in [0, 0.05) is 12.1 Å². The minimum Gasteiger partial charge on any atom is -0.311 e. The van der Waals surface area contributed by atoms with Crippen molar-refractivity contribution in [1.29, 1.82) is 0 Å². The molecule has 25 heavy (non-hydrogen) atoms. The molecule has 0 saturated heterocycles. The fourth-order valence-electron chi connectivity index (χ4n) is 4.29. The van der Waals surface area contributed by atoms with Crippen molar-refractivity contribution in [1.82, 2.24) is 5.32 Å². The maximum atomic E-state index is 3.86. The Hall–Kier alpha value is -0.300. The van der Waals surface area contributed by atoms with Crippen molar-refractivity contribution in [2.24, 2.45) is 0 Å². The number of rotatable bonds is 11. The first-order valence-electron chi connectivity index (χ1n) is 11.7. The molecule has 0 radical (unpaired) electrons.